The topological polar surface area (TPSA) is 58.6 Å². The van der Waals surface area contributed by atoms with Crippen LogP contribution in [0.15, 0.2) is 0 Å². The minimum absolute atomic E-state index is 0.380. The lowest BCUT2D eigenvalue weighted by Gasteiger charge is -2.13. The number of ether oxygens (including phenoxy) is 1. The Morgan fingerprint density at radius 1 is 1.38 bits per heavy atom. The Morgan fingerprint density at radius 2 is 2.06 bits per heavy atom. The Kier molecular flexibility index (Phi) is 10.2. The molecule has 0 aliphatic heterocycles. The van der Waals surface area contributed by atoms with Crippen LogP contribution in [0.4, 0.5) is 0 Å². The zero-order valence-electron chi connectivity index (χ0n) is 10.6. The van der Waals surface area contributed by atoms with Crippen LogP contribution < -0.4 is 5.32 Å². The van der Waals surface area contributed by atoms with Crippen LogP contribution in [0.3, 0.4) is 0 Å². The average Bonchev–Trinajstić information content (AvgIpc) is 2.16. The summed E-state index contributed by atoms with van der Waals surface area (Å²) >= 11 is 0. The van der Waals surface area contributed by atoms with E-state index in [2.05, 4.69) is 19.2 Å². The summed E-state index contributed by atoms with van der Waals surface area (Å²) in [6.45, 7) is 6.55. The molecule has 0 fully saturated rings. The molecule has 0 amide bonds. The van der Waals surface area contributed by atoms with Crippen molar-refractivity contribution in [3.05, 3.63) is 0 Å². The molecule has 0 radical (unpaired) electrons. The fourth-order valence-corrected chi connectivity index (χ4v) is 1.72. The van der Waals surface area contributed by atoms with Crippen LogP contribution in [-0.4, -0.2) is 53.7 Å². The summed E-state index contributed by atoms with van der Waals surface area (Å²) in [7, 11) is -0.717. The first-order valence-corrected chi connectivity index (χ1v) is 7.51. The predicted octanol–water partition coefficient (Wildman–Crippen LogP) is 0.378. The number of rotatable bonds is 10. The summed E-state index contributed by atoms with van der Waals surface area (Å²) in [5.74, 6) is 1.21. The highest BCUT2D eigenvalue weighted by Crippen LogP contribution is 1.93. The highest BCUT2D eigenvalue weighted by molar-refractivity contribution is 7.84. The van der Waals surface area contributed by atoms with Crippen LogP contribution in [0, 0.1) is 5.92 Å². The van der Waals surface area contributed by atoms with Gasteiger partial charge in [0.15, 0.2) is 0 Å². The van der Waals surface area contributed by atoms with Gasteiger partial charge in [-0.1, -0.05) is 13.8 Å². The third kappa shape index (κ3) is 12.1. The van der Waals surface area contributed by atoms with Crippen LogP contribution in [0.5, 0.6) is 0 Å². The van der Waals surface area contributed by atoms with Gasteiger partial charge in [0.05, 0.1) is 12.7 Å². The average molecular weight is 251 g/mol. The van der Waals surface area contributed by atoms with Crippen molar-refractivity contribution in [1.82, 2.24) is 5.32 Å². The van der Waals surface area contributed by atoms with Crippen molar-refractivity contribution in [3.8, 4) is 0 Å². The third-order valence-corrected chi connectivity index (χ3v) is 2.79. The second kappa shape index (κ2) is 10.2. The number of hydrogen-bond acceptors (Lipinski definition) is 4. The zero-order valence-corrected chi connectivity index (χ0v) is 11.4. The van der Waals surface area contributed by atoms with Crippen LogP contribution >= 0.6 is 0 Å². The number of nitrogens with one attached hydrogen (secondary N) is 1. The summed E-state index contributed by atoms with van der Waals surface area (Å²) in [6.07, 6.45) is 2.13. The van der Waals surface area contributed by atoms with E-state index in [0.717, 1.165) is 13.0 Å². The van der Waals surface area contributed by atoms with E-state index < -0.39 is 16.9 Å². The molecule has 0 aliphatic carbocycles. The zero-order chi connectivity index (χ0) is 12.4. The molecular formula is C11H25NO3S. The van der Waals surface area contributed by atoms with Crippen molar-refractivity contribution in [2.24, 2.45) is 5.92 Å². The molecule has 98 valence electrons. The lowest BCUT2D eigenvalue weighted by atomic mass is 10.2. The van der Waals surface area contributed by atoms with E-state index in [0.29, 0.717) is 31.4 Å². The van der Waals surface area contributed by atoms with Gasteiger partial charge >= 0.3 is 0 Å². The Labute approximate surface area is 101 Å². The van der Waals surface area contributed by atoms with Gasteiger partial charge in [-0.15, -0.1) is 0 Å². The number of aliphatic hydroxyl groups is 1. The molecule has 0 aromatic heterocycles. The van der Waals surface area contributed by atoms with Crippen molar-refractivity contribution in [1.29, 1.82) is 0 Å². The van der Waals surface area contributed by atoms with Gasteiger partial charge in [-0.05, 0) is 18.9 Å². The Morgan fingerprint density at radius 3 is 2.62 bits per heavy atom. The molecule has 0 aliphatic rings. The maximum atomic E-state index is 10.8. The lowest BCUT2D eigenvalue weighted by Crippen LogP contribution is -2.31. The highest BCUT2D eigenvalue weighted by atomic mass is 32.2. The van der Waals surface area contributed by atoms with E-state index in [-0.39, 0.29) is 0 Å². The molecule has 0 rings (SSSR count). The lowest BCUT2D eigenvalue weighted by molar-refractivity contribution is 0.0263. The molecule has 0 saturated heterocycles. The molecule has 0 aromatic carbocycles. The molecule has 0 aromatic rings. The summed E-state index contributed by atoms with van der Waals surface area (Å²) in [6, 6.07) is 0. The molecule has 5 heteroatoms. The maximum absolute atomic E-state index is 10.8. The van der Waals surface area contributed by atoms with Crippen LogP contribution in [0.25, 0.3) is 0 Å². The molecule has 0 bridgehead atoms. The second-order valence-electron chi connectivity index (χ2n) is 4.42. The molecule has 2 unspecified atom stereocenters. The van der Waals surface area contributed by atoms with Crippen molar-refractivity contribution in [2.75, 3.05) is 38.3 Å². The van der Waals surface area contributed by atoms with E-state index in [1.165, 1.54) is 0 Å². The van der Waals surface area contributed by atoms with Crippen molar-refractivity contribution in [2.45, 2.75) is 26.4 Å². The first-order valence-electron chi connectivity index (χ1n) is 5.79. The van der Waals surface area contributed by atoms with Gasteiger partial charge in [0.2, 0.25) is 0 Å². The van der Waals surface area contributed by atoms with Gasteiger partial charge in [0, 0.05) is 36.0 Å². The molecular weight excluding hydrogens is 226 g/mol. The summed E-state index contributed by atoms with van der Waals surface area (Å²) in [4.78, 5) is 0. The standard InChI is InChI=1S/C11H25NO3S/c1-10(2)8-15-9-11(13)7-12-5-4-6-16(3)14/h10-13H,4-9H2,1-3H3. The van der Waals surface area contributed by atoms with Crippen molar-refractivity contribution in [3.63, 3.8) is 0 Å². The van der Waals surface area contributed by atoms with Crippen LogP contribution in [0.1, 0.15) is 20.3 Å². The highest BCUT2D eigenvalue weighted by Gasteiger charge is 2.04. The van der Waals surface area contributed by atoms with Gasteiger partial charge in [-0.3, -0.25) is 4.21 Å². The van der Waals surface area contributed by atoms with Gasteiger partial charge in [0.1, 0.15) is 0 Å². The first-order chi connectivity index (χ1) is 7.52. The Bertz CT molecular complexity index is 188. The molecule has 0 saturated carbocycles. The SMILES string of the molecule is CC(C)COCC(O)CNCCCS(C)=O. The Hall–Kier alpha value is 0.0300. The first kappa shape index (κ1) is 16.0. The van der Waals surface area contributed by atoms with E-state index in [4.69, 9.17) is 4.74 Å². The largest absolute Gasteiger partial charge is 0.389 e. The fraction of sp³-hybridized carbons (Fsp3) is 1.00. The number of hydrogen-bond donors (Lipinski definition) is 2. The van der Waals surface area contributed by atoms with Gasteiger partial charge in [-0.25, -0.2) is 0 Å². The van der Waals surface area contributed by atoms with E-state index in [1.807, 2.05) is 0 Å². The van der Waals surface area contributed by atoms with Crippen LogP contribution in [0.2, 0.25) is 0 Å². The maximum Gasteiger partial charge on any atom is 0.0897 e. The van der Waals surface area contributed by atoms with Crippen LogP contribution in [-0.2, 0) is 15.5 Å². The summed E-state index contributed by atoms with van der Waals surface area (Å²) in [5.41, 5.74) is 0. The van der Waals surface area contributed by atoms with E-state index >= 15 is 0 Å². The third-order valence-electron chi connectivity index (χ3n) is 1.93. The molecule has 2 atom stereocenters. The predicted molar refractivity (Wildman–Crippen MR) is 68.1 cm³/mol. The molecule has 2 N–H and O–H groups in total. The number of aliphatic hydroxyl groups excluding tert-OH is 1. The minimum Gasteiger partial charge on any atom is -0.389 e. The molecule has 0 spiro atoms. The fourth-order valence-electron chi connectivity index (χ4n) is 1.17. The smallest absolute Gasteiger partial charge is 0.0897 e. The Balaban J connectivity index is 3.23. The van der Waals surface area contributed by atoms with Crippen molar-refractivity contribution >= 4 is 10.8 Å². The molecule has 16 heavy (non-hydrogen) atoms. The molecule has 0 heterocycles. The van der Waals surface area contributed by atoms with Crippen molar-refractivity contribution < 1.29 is 14.1 Å². The quantitative estimate of drug-likeness (QED) is 0.551. The second-order valence-corrected chi connectivity index (χ2v) is 5.97. The monoisotopic (exact) mass is 251 g/mol. The normalized spacial score (nSPS) is 15.3. The minimum atomic E-state index is -0.717. The molecule has 4 nitrogen and oxygen atoms in total. The van der Waals surface area contributed by atoms with Gasteiger partial charge in [0.25, 0.3) is 0 Å². The van der Waals surface area contributed by atoms with E-state index in [1.54, 1.807) is 6.26 Å². The summed E-state index contributed by atoms with van der Waals surface area (Å²) < 4.78 is 16.1. The summed E-state index contributed by atoms with van der Waals surface area (Å²) in [5, 5.41) is 12.6. The van der Waals surface area contributed by atoms with Gasteiger partial charge < -0.3 is 15.2 Å². The van der Waals surface area contributed by atoms with Gasteiger partial charge in [-0.2, -0.15) is 0 Å². The van der Waals surface area contributed by atoms with E-state index in [9.17, 15) is 9.32 Å².